The van der Waals surface area contributed by atoms with E-state index in [-0.39, 0.29) is 20.7 Å². The first kappa shape index (κ1) is 16.6. The number of carbonyl (C=O) groups is 1. The molecule has 6 nitrogen and oxygen atoms in total. The minimum Gasteiger partial charge on any atom is -0.461 e. The summed E-state index contributed by atoms with van der Waals surface area (Å²) in [4.78, 5) is 15.5. The van der Waals surface area contributed by atoms with Gasteiger partial charge in [-0.05, 0) is 24.6 Å². The largest absolute Gasteiger partial charge is 0.461 e. The number of benzene rings is 1. The van der Waals surface area contributed by atoms with Crippen LogP contribution in [-0.2, 0) is 25.9 Å². The Labute approximate surface area is 132 Å². The highest BCUT2D eigenvalue weighted by Crippen LogP contribution is 2.27. The fourth-order valence-corrected chi connectivity index (χ4v) is 4.25. The maximum Gasteiger partial charge on any atom is 0.367 e. The molecule has 0 N–H and O–H groups in total. The molecule has 2 rings (SSSR count). The van der Waals surface area contributed by atoms with Gasteiger partial charge in [0.1, 0.15) is 4.21 Å². The first-order valence-corrected chi connectivity index (χ1v) is 8.75. The molecule has 0 aliphatic rings. The first-order chi connectivity index (χ1) is 10.5. The molecule has 2 aromatic rings. The van der Waals surface area contributed by atoms with Gasteiger partial charge >= 0.3 is 5.97 Å². The average Bonchev–Trinajstić information content (AvgIpc) is 2.99. The van der Waals surface area contributed by atoms with Crippen molar-refractivity contribution >= 4 is 27.1 Å². The van der Waals surface area contributed by atoms with E-state index in [0.29, 0.717) is 6.61 Å². The zero-order chi connectivity index (χ0) is 16.2. The Bertz CT molecular complexity index is 767. The van der Waals surface area contributed by atoms with Crippen molar-refractivity contribution in [3.63, 3.8) is 0 Å². The number of carbonyl (C=O) groups excluding carboxylic acids is 1. The molecular weight excluding hydrogens is 326 g/mol. The predicted octanol–water partition coefficient (Wildman–Crippen LogP) is 2.30. The standard InChI is InChI=1S/C14H15NO5S2/c1-3-20-14(16)13-15-8-12(21-13)22(17,18)11-6-4-5-10(7-11)9-19-2/h4-8H,3,9H2,1-2H3. The van der Waals surface area contributed by atoms with Crippen LogP contribution in [0, 0.1) is 0 Å². The predicted molar refractivity (Wildman–Crippen MR) is 80.7 cm³/mol. The van der Waals surface area contributed by atoms with Crippen LogP contribution in [0.3, 0.4) is 0 Å². The Balaban J connectivity index is 2.34. The Hall–Kier alpha value is -1.77. The number of nitrogens with zero attached hydrogens (tertiary/aromatic N) is 1. The van der Waals surface area contributed by atoms with E-state index in [1.165, 1.54) is 19.4 Å². The highest BCUT2D eigenvalue weighted by molar-refractivity contribution is 7.93. The summed E-state index contributed by atoms with van der Waals surface area (Å²) in [6.07, 6.45) is 1.18. The maximum absolute atomic E-state index is 12.6. The Morgan fingerprint density at radius 1 is 1.36 bits per heavy atom. The Morgan fingerprint density at radius 3 is 2.82 bits per heavy atom. The van der Waals surface area contributed by atoms with Crippen molar-refractivity contribution in [2.24, 2.45) is 0 Å². The van der Waals surface area contributed by atoms with Gasteiger partial charge in [0.2, 0.25) is 14.8 Å². The third-order valence-electron chi connectivity index (χ3n) is 2.72. The Kier molecular flexibility index (Phi) is 5.28. The molecule has 0 bridgehead atoms. The first-order valence-electron chi connectivity index (χ1n) is 6.45. The fraction of sp³-hybridized carbons (Fsp3) is 0.286. The molecule has 1 aromatic heterocycles. The lowest BCUT2D eigenvalue weighted by Gasteiger charge is -2.04. The number of hydrogen-bond donors (Lipinski definition) is 0. The van der Waals surface area contributed by atoms with Crippen LogP contribution in [0.2, 0.25) is 0 Å². The average molecular weight is 341 g/mol. The summed E-state index contributed by atoms with van der Waals surface area (Å²) >= 11 is 0.797. The molecule has 0 radical (unpaired) electrons. The molecule has 0 spiro atoms. The molecule has 8 heteroatoms. The van der Waals surface area contributed by atoms with Gasteiger partial charge in [0, 0.05) is 7.11 Å². The second-order valence-corrected chi connectivity index (χ2v) is 7.50. The number of ether oxygens (including phenoxy) is 2. The molecule has 1 heterocycles. The molecule has 0 aliphatic carbocycles. The van der Waals surface area contributed by atoms with Crippen molar-refractivity contribution in [3.8, 4) is 0 Å². The molecule has 0 saturated heterocycles. The summed E-state index contributed by atoms with van der Waals surface area (Å²) in [6.45, 7) is 2.20. The van der Waals surface area contributed by atoms with Crippen molar-refractivity contribution in [2.45, 2.75) is 22.6 Å². The second-order valence-electron chi connectivity index (χ2n) is 4.29. The van der Waals surface area contributed by atoms with E-state index in [4.69, 9.17) is 9.47 Å². The highest BCUT2D eigenvalue weighted by Gasteiger charge is 2.23. The van der Waals surface area contributed by atoms with Crippen LogP contribution in [-0.4, -0.2) is 33.1 Å². The molecule has 0 saturated carbocycles. The van der Waals surface area contributed by atoms with Crippen LogP contribution in [0.1, 0.15) is 22.3 Å². The summed E-state index contributed by atoms with van der Waals surface area (Å²) in [5.74, 6) is -0.623. The SMILES string of the molecule is CCOC(=O)c1ncc(S(=O)(=O)c2cccc(COC)c2)s1. The normalized spacial score (nSPS) is 11.4. The molecule has 0 unspecified atom stereocenters. The van der Waals surface area contributed by atoms with Gasteiger partial charge in [-0.1, -0.05) is 23.5 Å². The number of esters is 1. The number of thiazole rings is 1. The smallest absolute Gasteiger partial charge is 0.367 e. The molecular formula is C14H15NO5S2. The lowest BCUT2D eigenvalue weighted by atomic mass is 10.2. The molecule has 0 fully saturated rings. The van der Waals surface area contributed by atoms with Crippen LogP contribution < -0.4 is 0 Å². The number of rotatable bonds is 6. The summed E-state index contributed by atoms with van der Waals surface area (Å²) in [5, 5.41) is 0.0217. The van der Waals surface area contributed by atoms with Crippen LogP contribution in [0.5, 0.6) is 0 Å². The number of hydrogen-bond acceptors (Lipinski definition) is 7. The second kappa shape index (κ2) is 6.99. The van der Waals surface area contributed by atoms with Crippen molar-refractivity contribution in [1.29, 1.82) is 0 Å². The van der Waals surface area contributed by atoms with E-state index >= 15 is 0 Å². The minimum absolute atomic E-state index is 0.00474. The third kappa shape index (κ3) is 3.52. The lowest BCUT2D eigenvalue weighted by molar-refractivity contribution is 0.0526. The van der Waals surface area contributed by atoms with E-state index < -0.39 is 15.8 Å². The van der Waals surface area contributed by atoms with Gasteiger partial charge in [0.25, 0.3) is 0 Å². The third-order valence-corrected chi connectivity index (χ3v) is 5.91. The molecule has 118 valence electrons. The summed E-state index contributed by atoms with van der Waals surface area (Å²) in [6, 6.07) is 6.47. The molecule has 0 aliphatic heterocycles. The molecule has 0 amide bonds. The van der Waals surface area contributed by atoms with E-state index in [0.717, 1.165) is 16.9 Å². The zero-order valence-corrected chi connectivity index (χ0v) is 13.7. The van der Waals surface area contributed by atoms with E-state index in [1.807, 2.05) is 0 Å². The van der Waals surface area contributed by atoms with Crippen molar-refractivity contribution in [2.75, 3.05) is 13.7 Å². The Morgan fingerprint density at radius 2 is 2.14 bits per heavy atom. The fourth-order valence-electron chi connectivity index (χ4n) is 1.76. The van der Waals surface area contributed by atoms with Crippen LogP contribution in [0.4, 0.5) is 0 Å². The zero-order valence-electron chi connectivity index (χ0n) is 12.1. The number of aromatic nitrogens is 1. The molecule has 0 atom stereocenters. The van der Waals surface area contributed by atoms with Gasteiger partial charge in [0.15, 0.2) is 0 Å². The van der Waals surface area contributed by atoms with Crippen molar-refractivity contribution in [3.05, 3.63) is 41.0 Å². The van der Waals surface area contributed by atoms with E-state index in [1.54, 1.807) is 25.1 Å². The summed E-state index contributed by atoms with van der Waals surface area (Å²) in [5.41, 5.74) is 0.749. The lowest BCUT2D eigenvalue weighted by Crippen LogP contribution is -2.03. The summed E-state index contributed by atoms with van der Waals surface area (Å²) < 4.78 is 34.9. The van der Waals surface area contributed by atoms with Gasteiger partial charge in [0.05, 0.1) is 24.3 Å². The van der Waals surface area contributed by atoms with Gasteiger partial charge in [-0.25, -0.2) is 18.2 Å². The van der Waals surface area contributed by atoms with E-state index in [9.17, 15) is 13.2 Å². The minimum atomic E-state index is -3.71. The van der Waals surface area contributed by atoms with Gasteiger partial charge < -0.3 is 9.47 Å². The van der Waals surface area contributed by atoms with Gasteiger partial charge in [-0.15, -0.1) is 0 Å². The summed E-state index contributed by atoms with van der Waals surface area (Å²) in [7, 11) is -2.18. The molecule has 1 aromatic carbocycles. The van der Waals surface area contributed by atoms with Crippen LogP contribution in [0.25, 0.3) is 0 Å². The highest BCUT2D eigenvalue weighted by atomic mass is 32.2. The van der Waals surface area contributed by atoms with Crippen molar-refractivity contribution in [1.82, 2.24) is 4.98 Å². The van der Waals surface area contributed by atoms with Crippen LogP contribution in [0.15, 0.2) is 39.6 Å². The quantitative estimate of drug-likeness (QED) is 0.750. The van der Waals surface area contributed by atoms with Gasteiger partial charge in [-0.3, -0.25) is 0 Å². The number of sulfone groups is 1. The van der Waals surface area contributed by atoms with Gasteiger partial charge in [-0.2, -0.15) is 0 Å². The van der Waals surface area contributed by atoms with Crippen molar-refractivity contribution < 1.29 is 22.7 Å². The molecule has 22 heavy (non-hydrogen) atoms. The van der Waals surface area contributed by atoms with Crippen LogP contribution >= 0.6 is 11.3 Å². The topological polar surface area (TPSA) is 82.6 Å². The van der Waals surface area contributed by atoms with E-state index in [2.05, 4.69) is 4.98 Å². The number of methoxy groups -OCH3 is 1. The maximum atomic E-state index is 12.6. The monoisotopic (exact) mass is 341 g/mol.